The van der Waals surface area contributed by atoms with E-state index in [2.05, 4.69) is 41.6 Å². The van der Waals surface area contributed by atoms with E-state index in [0.717, 1.165) is 56.0 Å². The standard InChI is InChI=1S/C25H26N6O/c1-26-21-9-7-20(8-10-21)16-30-18-27-15-23(30)17-29-13-11-25(12-14-29)24(32)28-19-31(25)22-5-3-2-4-6-22/h2-10,15,18H,11-14,16-17,19H2,(H,28,32). The van der Waals surface area contributed by atoms with E-state index >= 15 is 0 Å². The molecule has 0 unspecified atom stereocenters. The van der Waals surface area contributed by atoms with Gasteiger partial charge in [-0.25, -0.2) is 9.83 Å². The molecular formula is C25H26N6O. The van der Waals surface area contributed by atoms with Crippen LogP contribution in [0.2, 0.25) is 0 Å². The highest BCUT2D eigenvalue weighted by Gasteiger charge is 2.50. The number of anilines is 1. The third kappa shape index (κ3) is 3.74. The highest BCUT2D eigenvalue weighted by Crippen LogP contribution is 2.36. The minimum Gasteiger partial charge on any atom is -0.339 e. The molecule has 0 atom stereocenters. The van der Waals surface area contributed by atoms with Crippen LogP contribution in [0.25, 0.3) is 4.85 Å². The first kappa shape index (κ1) is 20.3. The van der Waals surface area contributed by atoms with Crippen molar-refractivity contribution >= 4 is 17.3 Å². The largest absolute Gasteiger partial charge is 0.339 e. The molecule has 0 saturated carbocycles. The van der Waals surface area contributed by atoms with Gasteiger partial charge in [0.25, 0.3) is 0 Å². The lowest BCUT2D eigenvalue weighted by atomic mass is 9.85. The van der Waals surface area contributed by atoms with Crippen LogP contribution in [0, 0.1) is 6.57 Å². The Kier molecular flexibility index (Phi) is 5.38. The van der Waals surface area contributed by atoms with Crippen molar-refractivity contribution in [3.05, 3.63) is 89.8 Å². The number of piperidine rings is 1. The summed E-state index contributed by atoms with van der Waals surface area (Å²) in [5, 5.41) is 3.07. The third-order valence-electron chi connectivity index (χ3n) is 6.69. The summed E-state index contributed by atoms with van der Waals surface area (Å²) in [6, 6.07) is 17.9. The number of carbonyl (C=O) groups is 1. The van der Waals surface area contributed by atoms with Gasteiger partial charge in [0.1, 0.15) is 5.54 Å². The van der Waals surface area contributed by atoms with E-state index in [1.165, 1.54) is 0 Å². The number of para-hydroxylation sites is 1. The molecule has 0 bridgehead atoms. The maximum atomic E-state index is 12.9. The molecule has 7 heteroatoms. The molecule has 162 valence electrons. The van der Waals surface area contributed by atoms with Gasteiger partial charge >= 0.3 is 0 Å². The molecular weight excluding hydrogens is 400 g/mol. The van der Waals surface area contributed by atoms with Gasteiger partial charge in [-0.2, -0.15) is 0 Å². The Bertz CT molecular complexity index is 1120. The topological polar surface area (TPSA) is 57.8 Å². The fourth-order valence-corrected chi connectivity index (χ4v) is 4.84. The van der Waals surface area contributed by atoms with Crippen LogP contribution in [0.1, 0.15) is 24.1 Å². The van der Waals surface area contributed by atoms with Crippen molar-refractivity contribution in [2.75, 3.05) is 24.7 Å². The van der Waals surface area contributed by atoms with Crippen LogP contribution in [0.5, 0.6) is 0 Å². The lowest BCUT2D eigenvalue weighted by Gasteiger charge is -2.43. The molecule has 1 aromatic heterocycles. The molecule has 1 N–H and O–H groups in total. The summed E-state index contributed by atoms with van der Waals surface area (Å²) >= 11 is 0. The molecule has 0 radical (unpaired) electrons. The van der Waals surface area contributed by atoms with Crippen LogP contribution in [-0.4, -0.2) is 45.7 Å². The van der Waals surface area contributed by atoms with E-state index in [1.807, 2.05) is 55.0 Å². The predicted octanol–water partition coefficient (Wildman–Crippen LogP) is 3.41. The van der Waals surface area contributed by atoms with Crippen molar-refractivity contribution in [2.24, 2.45) is 0 Å². The maximum Gasteiger partial charge on any atom is 0.247 e. The van der Waals surface area contributed by atoms with Crippen LogP contribution < -0.4 is 10.2 Å². The van der Waals surface area contributed by atoms with Gasteiger partial charge in [-0.1, -0.05) is 42.5 Å². The van der Waals surface area contributed by atoms with Crippen LogP contribution in [0.3, 0.4) is 0 Å². The number of amides is 1. The zero-order chi connectivity index (χ0) is 22.0. The van der Waals surface area contributed by atoms with Gasteiger partial charge in [-0.15, -0.1) is 0 Å². The molecule has 7 nitrogen and oxygen atoms in total. The number of likely N-dealkylation sites (tertiary alicyclic amines) is 1. The third-order valence-corrected chi connectivity index (χ3v) is 6.69. The molecule has 2 aliphatic heterocycles. The van der Waals surface area contributed by atoms with E-state index in [1.54, 1.807) is 0 Å². The van der Waals surface area contributed by atoms with Gasteiger partial charge in [0.15, 0.2) is 5.69 Å². The normalized spacial score (nSPS) is 18.0. The Balaban J connectivity index is 1.25. The molecule has 3 aromatic rings. The van der Waals surface area contributed by atoms with Gasteiger partial charge in [0, 0.05) is 38.1 Å². The monoisotopic (exact) mass is 426 g/mol. The summed E-state index contributed by atoms with van der Waals surface area (Å²) in [6.45, 7) is 10.9. The van der Waals surface area contributed by atoms with Gasteiger partial charge in [0.05, 0.1) is 25.3 Å². The second kappa shape index (κ2) is 8.48. The molecule has 2 aliphatic rings. The maximum absolute atomic E-state index is 12.9. The quantitative estimate of drug-likeness (QED) is 0.636. The van der Waals surface area contributed by atoms with E-state index < -0.39 is 5.54 Å². The van der Waals surface area contributed by atoms with Crippen LogP contribution >= 0.6 is 0 Å². The first-order chi connectivity index (χ1) is 15.7. The Morgan fingerprint density at radius 2 is 1.78 bits per heavy atom. The second-order valence-corrected chi connectivity index (χ2v) is 8.53. The lowest BCUT2D eigenvalue weighted by Crippen LogP contribution is -2.56. The number of carbonyl (C=O) groups excluding carboxylic acids is 1. The molecule has 2 aromatic carbocycles. The average Bonchev–Trinajstić information content (AvgIpc) is 3.40. The molecule has 32 heavy (non-hydrogen) atoms. The molecule has 0 aliphatic carbocycles. The van der Waals surface area contributed by atoms with Gasteiger partial charge in [-0.3, -0.25) is 9.69 Å². The smallest absolute Gasteiger partial charge is 0.247 e. The summed E-state index contributed by atoms with van der Waals surface area (Å²) in [5.74, 6) is 0.147. The number of rotatable bonds is 5. The summed E-state index contributed by atoms with van der Waals surface area (Å²) in [4.78, 5) is 25.3. The summed E-state index contributed by atoms with van der Waals surface area (Å²) in [6.07, 6.45) is 5.40. The summed E-state index contributed by atoms with van der Waals surface area (Å²) in [5.41, 5.74) is 3.60. The van der Waals surface area contributed by atoms with Gasteiger partial charge < -0.3 is 14.8 Å². The first-order valence-corrected chi connectivity index (χ1v) is 11.0. The highest BCUT2D eigenvalue weighted by atomic mass is 16.2. The number of nitrogens with zero attached hydrogens (tertiary/aromatic N) is 5. The Morgan fingerprint density at radius 3 is 2.50 bits per heavy atom. The Labute approximate surface area is 188 Å². The average molecular weight is 427 g/mol. The second-order valence-electron chi connectivity index (χ2n) is 8.53. The van der Waals surface area contributed by atoms with Crippen LogP contribution in [0.15, 0.2) is 67.1 Å². The van der Waals surface area contributed by atoms with E-state index in [4.69, 9.17) is 6.57 Å². The minimum absolute atomic E-state index is 0.147. The van der Waals surface area contributed by atoms with E-state index in [-0.39, 0.29) is 5.91 Å². The van der Waals surface area contributed by atoms with Crippen LogP contribution in [-0.2, 0) is 17.9 Å². The zero-order valence-electron chi connectivity index (χ0n) is 17.9. The number of benzene rings is 2. The van der Waals surface area contributed by atoms with Crippen molar-refractivity contribution in [1.82, 2.24) is 19.8 Å². The van der Waals surface area contributed by atoms with Gasteiger partial charge in [0.2, 0.25) is 5.91 Å². The van der Waals surface area contributed by atoms with Crippen molar-refractivity contribution in [3.63, 3.8) is 0 Å². The fourth-order valence-electron chi connectivity index (χ4n) is 4.84. The van der Waals surface area contributed by atoms with Crippen molar-refractivity contribution in [1.29, 1.82) is 0 Å². The molecule has 1 spiro atoms. The van der Waals surface area contributed by atoms with Crippen molar-refractivity contribution in [2.45, 2.75) is 31.5 Å². The highest BCUT2D eigenvalue weighted by molar-refractivity contribution is 5.93. The number of hydrogen-bond donors (Lipinski definition) is 1. The number of nitrogens with one attached hydrogen (secondary N) is 1. The fraction of sp³-hybridized carbons (Fsp3) is 0.320. The van der Waals surface area contributed by atoms with Crippen LogP contribution in [0.4, 0.5) is 11.4 Å². The summed E-state index contributed by atoms with van der Waals surface area (Å²) < 4.78 is 2.16. The number of hydrogen-bond acceptors (Lipinski definition) is 4. The lowest BCUT2D eigenvalue weighted by molar-refractivity contribution is -0.125. The predicted molar refractivity (Wildman–Crippen MR) is 123 cm³/mol. The zero-order valence-corrected chi connectivity index (χ0v) is 17.9. The number of imidazole rings is 1. The van der Waals surface area contributed by atoms with Crippen molar-refractivity contribution < 1.29 is 4.79 Å². The van der Waals surface area contributed by atoms with Gasteiger partial charge in [-0.05, 0) is 30.5 Å². The summed E-state index contributed by atoms with van der Waals surface area (Å²) in [7, 11) is 0. The Morgan fingerprint density at radius 1 is 1.03 bits per heavy atom. The molecule has 1 amide bonds. The first-order valence-electron chi connectivity index (χ1n) is 11.0. The van der Waals surface area contributed by atoms with E-state index in [0.29, 0.717) is 12.4 Å². The van der Waals surface area contributed by atoms with Crippen molar-refractivity contribution in [3.8, 4) is 0 Å². The SMILES string of the molecule is [C-]#[N+]c1ccc(Cn2cncc2CN2CCC3(CC2)C(=O)NCN3c2ccccc2)cc1. The number of aromatic nitrogens is 2. The van der Waals surface area contributed by atoms with E-state index in [9.17, 15) is 4.79 Å². The molecule has 5 rings (SSSR count). The Hall–Kier alpha value is -3.63. The molecule has 2 fully saturated rings. The molecule has 3 heterocycles. The minimum atomic E-state index is -0.456. The molecule has 2 saturated heterocycles.